The molecule has 0 saturated heterocycles. The molecule has 0 aliphatic heterocycles. The van der Waals surface area contributed by atoms with Crippen LogP contribution in [0.4, 0.5) is 5.69 Å². The van der Waals surface area contributed by atoms with Gasteiger partial charge in [-0.25, -0.2) is 0 Å². The van der Waals surface area contributed by atoms with E-state index in [0.717, 1.165) is 0 Å². The van der Waals surface area contributed by atoms with E-state index in [-0.39, 0.29) is 5.11 Å². The topological polar surface area (TPSA) is 71.1 Å². The Labute approximate surface area is 87.3 Å². The fraction of sp³-hybridized carbons (Fsp3) is 0.111. The molecule has 1 rings (SSSR count). The number of anilines is 1. The van der Waals surface area contributed by atoms with Gasteiger partial charge in [0.25, 0.3) is 0 Å². The number of benzene rings is 1. The van der Waals surface area contributed by atoms with Crippen LogP contribution < -0.4 is 15.8 Å². The summed E-state index contributed by atoms with van der Waals surface area (Å²) in [6.45, 7) is 0. The standard InChI is InChI=1S/C9H9N3OS/c1-13-8-4-6(5-10)2-3-7(8)12-9(11)14/h2-4H,1H3,(H3,11,12,14). The molecule has 1 aromatic rings. The lowest BCUT2D eigenvalue weighted by Gasteiger charge is -2.09. The van der Waals surface area contributed by atoms with E-state index in [9.17, 15) is 0 Å². The van der Waals surface area contributed by atoms with E-state index in [0.29, 0.717) is 17.0 Å². The van der Waals surface area contributed by atoms with Gasteiger partial charge in [0.2, 0.25) is 0 Å². The Morgan fingerprint density at radius 3 is 2.86 bits per heavy atom. The number of rotatable bonds is 2. The molecule has 0 atom stereocenters. The Morgan fingerprint density at radius 2 is 2.36 bits per heavy atom. The summed E-state index contributed by atoms with van der Waals surface area (Å²) in [5.41, 5.74) is 6.49. The molecule has 4 nitrogen and oxygen atoms in total. The molecule has 0 aliphatic rings. The van der Waals surface area contributed by atoms with Crippen molar-refractivity contribution in [2.24, 2.45) is 5.73 Å². The quantitative estimate of drug-likeness (QED) is 0.713. The fourth-order valence-electron chi connectivity index (χ4n) is 0.997. The van der Waals surface area contributed by atoms with Crippen molar-refractivity contribution in [3.05, 3.63) is 23.8 Å². The number of nitrogens with one attached hydrogen (secondary N) is 1. The van der Waals surface area contributed by atoms with E-state index >= 15 is 0 Å². The van der Waals surface area contributed by atoms with Crippen molar-refractivity contribution in [3.63, 3.8) is 0 Å². The molecular weight excluding hydrogens is 198 g/mol. The molecule has 0 heterocycles. The highest BCUT2D eigenvalue weighted by molar-refractivity contribution is 7.80. The summed E-state index contributed by atoms with van der Waals surface area (Å²) in [6, 6.07) is 6.97. The van der Waals surface area contributed by atoms with Gasteiger partial charge < -0.3 is 15.8 Å². The van der Waals surface area contributed by atoms with E-state index < -0.39 is 0 Å². The van der Waals surface area contributed by atoms with Crippen molar-refractivity contribution in [1.82, 2.24) is 0 Å². The average molecular weight is 207 g/mol. The molecule has 0 spiro atoms. The van der Waals surface area contributed by atoms with Crippen LogP contribution in [0.25, 0.3) is 0 Å². The van der Waals surface area contributed by atoms with Crippen molar-refractivity contribution in [3.8, 4) is 11.8 Å². The van der Waals surface area contributed by atoms with Crippen LogP contribution in [-0.2, 0) is 0 Å². The van der Waals surface area contributed by atoms with Crippen LogP contribution in [0.3, 0.4) is 0 Å². The van der Waals surface area contributed by atoms with E-state index in [4.69, 9.17) is 28.0 Å². The first-order valence-corrected chi connectivity index (χ1v) is 4.23. The number of hydrogen-bond acceptors (Lipinski definition) is 3. The summed E-state index contributed by atoms with van der Waals surface area (Å²) in [5.74, 6) is 0.539. The third kappa shape index (κ3) is 2.34. The Bertz CT molecular complexity index is 398. The predicted molar refractivity (Wildman–Crippen MR) is 58.1 cm³/mol. The van der Waals surface area contributed by atoms with Crippen molar-refractivity contribution >= 4 is 23.0 Å². The van der Waals surface area contributed by atoms with Crippen molar-refractivity contribution < 1.29 is 4.74 Å². The highest BCUT2D eigenvalue weighted by Crippen LogP contribution is 2.24. The third-order valence-corrected chi connectivity index (χ3v) is 1.69. The molecule has 0 saturated carbocycles. The molecule has 0 aliphatic carbocycles. The van der Waals surface area contributed by atoms with Crippen LogP contribution in [0, 0.1) is 11.3 Å². The number of ether oxygens (including phenoxy) is 1. The Morgan fingerprint density at radius 1 is 1.64 bits per heavy atom. The molecule has 5 heteroatoms. The van der Waals surface area contributed by atoms with Crippen LogP contribution >= 0.6 is 12.2 Å². The predicted octanol–water partition coefficient (Wildman–Crippen LogP) is 1.22. The Hall–Kier alpha value is -1.80. The second-order valence-electron chi connectivity index (χ2n) is 2.52. The van der Waals surface area contributed by atoms with Gasteiger partial charge in [-0.3, -0.25) is 0 Å². The molecule has 72 valence electrons. The second-order valence-corrected chi connectivity index (χ2v) is 2.96. The monoisotopic (exact) mass is 207 g/mol. The zero-order chi connectivity index (χ0) is 10.6. The van der Waals surface area contributed by atoms with Gasteiger partial charge in [0.15, 0.2) is 5.11 Å². The smallest absolute Gasteiger partial charge is 0.168 e. The number of nitrogens with two attached hydrogens (primary N) is 1. The number of hydrogen-bond donors (Lipinski definition) is 2. The van der Waals surface area contributed by atoms with Crippen LogP contribution in [-0.4, -0.2) is 12.2 Å². The highest BCUT2D eigenvalue weighted by atomic mass is 32.1. The summed E-state index contributed by atoms with van der Waals surface area (Å²) in [7, 11) is 1.52. The molecule has 1 aromatic carbocycles. The second kappa shape index (κ2) is 4.44. The summed E-state index contributed by atoms with van der Waals surface area (Å²) in [4.78, 5) is 0. The minimum Gasteiger partial charge on any atom is -0.495 e. The van der Waals surface area contributed by atoms with Gasteiger partial charge in [0, 0.05) is 6.07 Å². The molecule has 0 aromatic heterocycles. The summed E-state index contributed by atoms with van der Waals surface area (Å²) in [6.07, 6.45) is 0. The maximum Gasteiger partial charge on any atom is 0.168 e. The number of methoxy groups -OCH3 is 1. The molecule has 0 bridgehead atoms. The van der Waals surface area contributed by atoms with E-state index in [1.165, 1.54) is 7.11 Å². The first-order valence-electron chi connectivity index (χ1n) is 3.82. The van der Waals surface area contributed by atoms with Crippen LogP contribution in [0.2, 0.25) is 0 Å². The number of thiocarbonyl (C=S) groups is 1. The molecule has 3 N–H and O–H groups in total. The van der Waals surface area contributed by atoms with Gasteiger partial charge in [0.05, 0.1) is 24.4 Å². The van der Waals surface area contributed by atoms with Crippen LogP contribution in [0.1, 0.15) is 5.56 Å². The van der Waals surface area contributed by atoms with Gasteiger partial charge in [-0.1, -0.05) is 0 Å². The van der Waals surface area contributed by atoms with Gasteiger partial charge in [-0.15, -0.1) is 0 Å². The molecule has 14 heavy (non-hydrogen) atoms. The number of nitrogens with zero attached hydrogens (tertiary/aromatic N) is 1. The molecule has 0 fully saturated rings. The van der Waals surface area contributed by atoms with E-state index in [1.54, 1.807) is 18.2 Å². The molecule has 0 radical (unpaired) electrons. The van der Waals surface area contributed by atoms with E-state index in [1.807, 2.05) is 6.07 Å². The average Bonchev–Trinajstić information content (AvgIpc) is 2.17. The Kier molecular flexibility index (Phi) is 3.26. The van der Waals surface area contributed by atoms with Gasteiger partial charge in [-0.05, 0) is 24.4 Å². The Balaban J connectivity index is 3.06. The van der Waals surface area contributed by atoms with E-state index in [2.05, 4.69) is 5.32 Å². The zero-order valence-corrected chi connectivity index (χ0v) is 8.39. The maximum absolute atomic E-state index is 8.65. The van der Waals surface area contributed by atoms with Crippen LogP contribution in [0.5, 0.6) is 5.75 Å². The first kappa shape index (κ1) is 10.3. The number of nitriles is 1. The largest absolute Gasteiger partial charge is 0.495 e. The van der Waals surface area contributed by atoms with Gasteiger partial charge >= 0.3 is 0 Å². The summed E-state index contributed by atoms with van der Waals surface area (Å²) < 4.78 is 5.06. The summed E-state index contributed by atoms with van der Waals surface area (Å²) >= 11 is 4.69. The lowest BCUT2D eigenvalue weighted by atomic mass is 10.2. The maximum atomic E-state index is 8.65. The van der Waals surface area contributed by atoms with Crippen molar-refractivity contribution in [2.45, 2.75) is 0 Å². The normalized spacial score (nSPS) is 8.86. The highest BCUT2D eigenvalue weighted by Gasteiger charge is 2.04. The van der Waals surface area contributed by atoms with Gasteiger partial charge in [0.1, 0.15) is 5.75 Å². The fourth-order valence-corrected chi connectivity index (χ4v) is 1.11. The zero-order valence-electron chi connectivity index (χ0n) is 7.57. The SMILES string of the molecule is COc1cc(C#N)ccc1NC(N)=S. The molecular formula is C9H9N3OS. The third-order valence-electron chi connectivity index (χ3n) is 1.59. The first-order chi connectivity index (χ1) is 6.67. The van der Waals surface area contributed by atoms with Gasteiger partial charge in [-0.2, -0.15) is 5.26 Å². The minimum atomic E-state index is 0.160. The minimum absolute atomic E-state index is 0.160. The lowest BCUT2D eigenvalue weighted by Crippen LogP contribution is -2.19. The van der Waals surface area contributed by atoms with Crippen molar-refractivity contribution in [2.75, 3.05) is 12.4 Å². The summed E-state index contributed by atoms with van der Waals surface area (Å²) in [5, 5.41) is 11.6. The van der Waals surface area contributed by atoms with Crippen molar-refractivity contribution in [1.29, 1.82) is 5.26 Å². The molecule has 0 unspecified atom stereocenters. The van der Waals surface area contributed by atoms with Crippen LogP contribution in [0.15, 0.2) is 18.2 Å². The lowest BCUT2D eigenvalue weighted by molar-refractivity contribution is 0.417. The molecule has 0 amide bonds.